The number of nitrogens with one attached hydrogen (secondary N) is 1. The van der Waals surface area contributed by atoms with Gasteiger partial charge in [0.15, 0.2) is 0 Å². The van der Waals surface area contributed by atoms with Crippen LogP contribution in [0.3, 0.4) is 0 Å². The smallest absolute Gasteiger partial charge is 0.225 e. The summed E-state index contributed by atoms with van der Waals surface area (Å²) < 4.78 is 5.30. The van der Waals surface area contributed by atoms with Gasteiger partial charge in [0.1, 0.15) is 0 Å². The SMILES string of the molecule is Cc1cc(C)c(NC(=O)CCN2CCOCC2)c(C)c1. The maximum atomic E-state index is 12.1. The molecule has 0 radical (unpaired) electrons. The average molecular weight is 276 g/mol. The van der Waals surface area contributed by atoms with Crippen LogP contribution in [-0.2, 0) is 9.53 Å². The van der Waals surface area contributed by atoms with Gasteiger partial charge in [-0.15, -0.1) is 0 Å². The van der Waals surface area contributed by atoms with Gasteiger partial charge in [-0.2, -0.15) is 0 Å². The third kappa shape index (κ3) is 4.05. The Bertz CT molecular complexity index is 456. The van der Waals surface area contributed by atoms with Crippen LogP contribution < -0.4 is 5.32 Å². The minimum atomic E-state index is 0.0894. The minimum Gasteiger partial charge on any atom is -0.379 e. The van der Waals surface area contributed by atoms with Crippen LogP contribution in [0.2, 0.25) is 0 Å². The van der Waals surface area contributed by atoms with E-state index >= 15 is 0 Å². The lowest BCUT2D eigenvalue weighted by atomic mass is 10.0. The summed E-state index contributed by atoms with van der Waals surface area (Å²) in [6, 6.07) is 4.20. The van der Waals surface area contributed by atoms with Gasteiger partial charge < -0.3 is 10.1 Å². The van der Waals surface area contributed by atoms with Crippen LogP contribution in [0.1, 0.15) is 23.1 Å². The average Bonchev–Trinajstić information content (AvgIpc) is 2.42. The number of aryl methyl sites for hydroxylation is 3. The third-order valence-electron chi connectivity index (χ3n) is 3.70. The van der Waals surface area contributed by atoms with Gasteiger partial charge in [0.25, 0.3) is 0 Å². The van der Waals surface area contributed by atoms with Gasteiger partial charge in [-0.1, -0.05) is 17.7 Å². The Kier molecular flexibility index (Phi) is 5.15. The van der Waals surface area contributed by atoms with Crippen molar-refractivity contribution in [3.63, 3.8) is 0 Å². The number of hydrogen-bond acceptors (Lipinski definition) is 3. The van der Waals surface area contributed by atoms with E-state index in [0.29, 0.717) is 6.42 Å². The Morgan fingerprint density at radius 2 is 1.80 bits per heavy atom. The normalized spacial score (nSPS) is 16.1. The lowest BCUT2D eigenvalue weighted by molar-refractivity contribution is -0.116. The molecular formula is C16H24N2O2. The largest absolute Gasteiger partial charge is 0.379 e. The van der Waals surface area contributed by atoms with Crippen molar-refractivity contribution in [3.05, 3.63) is 28.8 Å². The Hall–Kier alpha value is -1.39. The molecule has 4 heteroatoms. The van der Waals surface area contributed by atoms with Gasteiger partial charge in [0.05, 0.1) is 13.2 Å². The molecule has 110 valence electrons. The highest BCUT2D eigenvalue weighted by Gasteiger charge is 2.13. The van der Waals surface area contributed by atoms with Crippen LogP contribution in [0, 0.1) is 20.8 Å². The predicted octanol–water partition coefficient (Wildman–Crippen LogP) is 2.27. The second kappa shape index (κ2) is 6.86. The van der Waals surface area contributed by atoms with E-state index in [2.05, 4.69) is 29.3 Å². The highest BCUT2D eigenvalue weighted by Crippen LogP contribution is 2.22. The van der Waals surface area contributed by atoms with Crippen molar-refractivity contribution in [3.8, 4) is 0 Å². The van der Waals surface area contributed by atoms with E-state index < -0.39 is 0 Å². The molecular weight excluding hydrogens is 252 g/mol. The summed E-state index contributed by atoms with van der Waals surface area (Å²) >= 11 is 0. The summed E-state index contributed by atoms with van der Waals surface area (Å²) in [7, 11) is 0. The van der Waals surface area contributed by atoms with Crippen LogP contribution in [0.25, 0.3) is 0 Å². The van der Waals surface area contributed by atoms with Gasteiger partial charge in [-0.05, 0) is 31.9 Å². The summed E-state index contributed by atoms with van der Waals surface area (Å²) in [5.41, 5.74) is 4.44. The molecule has 1 aromatic carbocycles. The van der Waals surface area contributed by atoms with E-state index in [0.717, 1.165) is 49.7 Å². The number of anilines is 1. The molecule has 20 heavy (non-hydrogen) atoms. The van der Waals surface area contributed by atoms with Crippen LogP contribution in [-0.4, -0.2) is 43.7 Å². The van der Waals surface area contributed by atoms with E-state index in [9.17, 15) is 4.79 Å². The summed E-state index contributed by atoms with van der Waals surface area (Å²) in [4.78, 5) is 14.4. The Labute approximate surface area is 121 Å². The van der Waals surface area contributed by atoms with E-state index in [4.69, 9.17) is 4.74 Å². The molecule has 1 fully saturated rings. The van der Waals surface area contributed by atoms with E-state index in [1.54, 1.807) is 0 Å². The molecule has 2 rings (SSSR count). The molecule has 0 spiro atoms. The molecule has 1 amide bonds. The molecule has 0 bridgehead atoms. The number of amides is 1. The molecule has 0 unspecified atom stereocenters. The van der Waals surface area contributed by atoms with Crippen molar-refractivity contribution in [1.29, 1.82) is 0 Å². The van der Waals surface area contributed by atoms with Crippen LogP contribution in [0.4, 0.5) is 5.69 Å². The fourth-order valence-electron chi connectivity index (χ4n) is 2.66. The van der Waals surface area contributed by atoms with Crippen molar-refractivity contribution in [2.24, 2.45) is 0 Å². The van der Waals surface area contributed by atoms with Gasteiger partial charge in [0.2, 0.25) is 5.91 Å². The molecule has 0 aromatic heterocycles. The fraction of sp³-hybridized carbons (Fsp3) is 0.562. The maximum Gasteiger partial charge on any atom is 0.225 e. The van der Waals surface area contributed by atoms with Crippen molar-refractivity contribution in [1.82, 2.24) is 4.90 Å². The lowest BCUT2D eigenvalue weighted by Gasteiger charge is -2.26. The van der Waals surface area contributed by atoms with Crippen molar-refractivity contribution < 1.29 is 9.53 Å². The predicted molar refractivity (Wildman–Crippen MR) is 81.2 cm³/mol. The zero-order valence-corrected chi connectivity index (χ0v) is 12.7. The molecule has 1 saturated heterocycles. The standard InChI is InChI=1S/C16H24N2O2/c1-12-10-13(2)16(14(3)11-12)17-15(19)4-5-18-6-8-20-9-7-18/h10-11H,4-9H2,1-3H3,(H,17,19). The molecule has 1 aliphatic heterocycles. The number of carbonyl (C=O) groups is 1. The number of ether oxygens (including phenoxy) is 1. The highest BCUT2D eigenvalue weighted by molar-refractivity contribution is 5.92. The molecule has 1 N–H and O–H groups in total. The van der Waals surface area contributed by atoms with E-state index in [1.165, 1.54) is 5.56 Å². The van der Waals surface area contributed by atoms with Crippen molar-refractivity contribution >= 4 is 11.6 Å². The van der Waals surface area contributed by atoms with Gasteiger partial charge in [0, 0.05) is 31.7 Å². The second-order valence-corrected chi connectivity index (χ2v) is 5.53. The van der Waals surface area contributed by atoms with Crippen LogP contribution in [0.5, 0.6) is 0 Å². The number of morpholine rings is 1. The second-order valence-electron chi connectivity index (χ2n) is 5.53. The number of carbonyl (C=O) groups excluding carboxylic acids is 1. The monoisotopic (exact) mass is 276 g/mol. The summed E-state index contributed by atoms with van der Waals surface area (Å²) in [6.07, 6.45) is 0.534. The highest BCUT2D eigenvalue weighted by atomic mass is 16.5. The van der Waals surface area contributed by atoms with Crippen LogP contribution in [0.15, 0.2) is 12.1 Å². The molecule has 4 nitrogen and oxygen atoms in total. The minimum absolute atomic E-state index is 0.0894. The molecule has 0 aliphatic carbocycles. The summed E-state index contributed by atoms with van der Waals surface area (Å²) in [6.45, 7) is 10.4. The van der Waals surface area contributed by atoms with E-state index in [1.807, 2.05) is 13.8 Å². The molecule has 1 aliphatic rings. The van der Waals surface area contributed by atoms with E-state index in [-0.39, 0.29) is 5.91 Å². The van der Waals surface area contributed by atoms with Gasteiger partial charge in [-0.25, -0.2) is 0 Å². The third-order valence-corrected chi connectivity index (χ3v) is 3.70. The first-order chi connectivity index (χ1) is 9.56. The first-order valence-electron chi connectivity index (χ1n) is 7.24. The number of nitrogens with zero attached hydrogens (tertiary/aromatic N) is 1. The molecule has 1 aromatic rings. The van der Waals surface area contributed by atoms with Gasteiger partial charge >= 0.3 is 0 Å². The van der Waals surface area contributed by atoms with Crippen molar-refractivity contribution in [2.45, 2.75) is 27.2 Å². The summed E-state index contributed by atoms with van der Waals surface area (Å²) in [5, 5.41) is 3.05. The topological polar surface area (TPSA) is 41.6 Å². The number of benzene rings is 1. The first-order valence-corrected chi connectivity index (χ1v) is 7.24. The zero-order chi connectivity index (χ0) is 14.5. The Morgan fingerprint density at radius 1 is 1.20 bits per heavy atom. The first kappa shape index (κ1) is 15.0. The van der Waals surface area contributed by atoms with Gasteiger partial charge in [-0.3, -0.25) is 9.69 Å². The Morgan fingerprint density at radius 3 is 2.40 bits per heavy atom. The molecule has 0 atom stereocenters. The zero-order valence-electron chi connectivity index (χ0n) is 12.7. The fourth-order valence-corrected chi connectivity index (χ4v) is 2.66. The maximum absolute atomic E-state index is 12.1. The van der Waals surface area contributed by atoms with Crippen molar-refractivity contribution in [2.75, 3.05) is 38.2 Å². The number of hydrogen-bond donors (Lipinski definition) is 1. The lowest BCUT2D eigenvalue weighted by Crippen LogP contribution is -2.38. The van der Waals surface area contributed by atoms with Crippen LogP contribution >= 0.6 is 0 Å². The molecule has 0 saturated carbocycles. The quantitative estimate of drug-likeness (QED) is 0.917. The molecule has 1 heterocycles. The summed E-state index contributed by atoms with van der Waals surface area (Å²) in [5.74, 6) is 0.0894. The Balaban J connectivity index is 1.88. The number of rotatable bonds is 4.